The quantitative estimate of drug-likeness (QED) is 0.497. The van der Waals surface area contributed by atoms with E-state index < -0.39 is 23.7 Å². The van der Waals surface area contributed by atoms with E-state index in [1.807, 2.05) is 0 Å². The zero-order chi connectivity index (χ0) is 14.0. The van der Waals surface area contributed by atoms with E-state index >= 15 is 0 Å². The standard InChI is InChI=1S/C13H15NO5/c1-18-9-5-3-8(4-6-9)10-7-14(17)12(15)11(10)13(16)19-2/h3-6,10-11,17H,7H2,1-2H3/t10-,11-/m1/s1. The van der Waals surface area contributed by atoms with Crippen molar-refractivity contribution in [2.75, 3.05) is 20.8 Å². The predicted molar refractivity (Wildman–Crippen MR) is 64.7 cm³/mol. The third-order valence-electron chi connectivity index (χ3n) is 3.29. The van der Waals surface area contributed by atoms with Gasteiger partial charge in [-0.3, -0.25) is 14.8 Å². The second-order valence-electron chi connectivity index (χ2n) is 4.30. The van der Waals surface area contributed by atoms with Crippen LogP contribution in [0.5, 0.6) is 5.75 Å². The summed E-state index contributed by atoms with van der Waals surface area (Å²) in [4.78, 5) is 23.4. The van der Waals surface area contributed by atoms with Crippen LogP contribution in [-0.2, 0) is 14.3 Å². The fraction of sp³-hybridized carbons (Fsp3) is 0.385. The molecule has 0 bridgehead atoms. The van der Waals surface area contributed by atoms with Gasteiger partial charge in [-0.15, -0.1) is 0 Å². The molecule has 6 nitrogen and oxygen atoms in total. The van der Waals surface area contributed by atoms with E-state index in [-0.39, 0.29) is 6.54 Å². The van der Waals surface area contributed by atoms with E-state index in [1.165, 1.54) is 7.11 Å². The Hall–Kier alpha value is -2.08. The monoisotopic (exact) mass is 265 g/mol. The summed E-state index contributed by atoms with van der Waals surface area (Å²) in [5.74, 6) is -2.00. The lowest BCUT2D eigenvalue weighted by Gasteiger charge is -2.14. The average Bonchev–Trinajstić information content (AvgIpc) is 2.74. The normalized spacial score (nSPS) is 22.5. The van der Waals surface area contributed by atoms with Crippen molar-refractivity contribution in [3.05, 3.63) is 29.8 Å². The Balaban J connectivity index is 2.30. The molecule has 1 amide bonds. The number of methoxy groups -OCH3 is 2. The minimum Gasteiger partial charge on any atom is -0.497 e. The Labute approximate surface area is 110 Å². The van der Waals surface area contributed by atoms with Gasteiger partial charge in [-0.05, 0) is 17.7 Å². The van der Waals surface area contributed by atoms with E-state index in [0.717, 1.165) is 5.56 Å². The Morgan fingerprint density at radius 2 is 1.95 bits per heavy atom. The number of benzene rings is 1. The summed E-state index contributed by atoms with van der Waals surface area (Å²) in [5, 5.41) is 10.1. The lowest BCUT2D eigenvalue weighted by atomic mass is 9.88. The third-order valence-corrected chi connectivity index (χ3v) is 3.29. The van der Waals surface area contributed by atoms with Crippen LogP contribution in [0.15, 0.2) is 24.3 Å². The second-order valence-corrected chi connectivity index (χ2v) is 4.30. The number of rotatable bonds is 3. The SMILES string of the molecule is COC(=O)[C@H]1C(=O)N(O)C[C@@H]1c1ccc(OC)cc1. The molecule has 2 rings (SSSR count). The number of carbonyl (C=O) groups excluding carboxylic acids is 2. The highest BCUT2D eigenvalue weighted by molar-refractivity contribution is 6.00. The smallest absolute Gasteiger partial charge is 0.319 e. The molecule has 0 spiro atoms. The van der Waals surface area contributed by atoms with Crippen molar-refractivity contribution >= 4 is 11.9 Å². The first kappa shape index (κ1) is 13.4. The summed E-state index contributed by atoms with van der Waals surface area (Å²) in [5.41, 5.74) is 0.779. The largest absolute Gasteiger partial charge is 0.497 e. The molecule has 1 fully saturated rings. The van der Waals surface area contributed by atoms with Crippen molar-refractivity contribution in [3.63, 3.8) is 0 Å². The summed E-state index contributed by atoms with van der Waals surface area (Å²) < 4.78 is 9.68. The van der Waals surface area contributed by atoms with Crippen molar-refractivity contribution in [2.24, 2.45) is 5.92 Å². The van der Waals surface area contributed by atoms with E-state index in [0.29, 0.717) is 10.8 Å². The maximum Gasteiger partial charge on any atom is 0.319 e. The molecule has 2 atom stereocenters. The highest BCUT2D eigenvalue weighted by Crippen LogP contribution is 2.34. The van der Waals surface area contributed by atoms with Gasteiger partial charge in [-0.2, -0.15) is 0 Å². The molecular weight excluding hydrogens is 250 g/mol. The first-order valence-electron chi connectivity index (χ1n) is 5.80. The highest BCUT2D eigenvalue weighted by atomic mass is 16.5. The average molecular weight is 265 g/mol. The van der Waals surface area contributed by atoms with Crippen molar-refractivity contribution in [1.29, 1.82) is 0 Å². The number of nitrogens with zero attached hydrogens (tertiary/aromatic N) is 1. The molecule has 0 radical (unpaired) electrons. The molecule has 0 saturated carbocycles. The minimum atomic E-state index is -0.997. The number of carbonyl (C=O) groups is 2. The van der Waals surface area contributed by atoms with Crippen LogP contribution in [0.1, 0.15) is 11.5 Å². The Morgan fingerprint density at radius 3 is 2.47 bits per heavy atom. The van der Waals surface area contributed by atoms with Crippen LogP contribution in [-0.4, -0.2) is 42.9 Å². The summed E-state index contributed by atoms with van der Waals surface area (Å²) >= 11 is 0. The second kappa shape index (κ2) is 5.27. The lowest BCUT2D eigenvalue weighted by Crippen LogP contribution is -2.29. The minimum absolute atomic E-state index is 0.0743. The first-order chi connectivity index (χ1) is 9.08. The fourth-order valence-electron chi connectivity index (χ4n) is 2.26. The number of hydrogen-bond donors (Lipinski definition) is 1. The molecule has 0 aromatic heterocycles. The molecule has 1 N–H and O–H groups in total. The van der Waals surface area contributed by atoms with Gasteiger partial charge in [0.15, 0.2) is 0 Å². The van der Waals surface area contributed by atoms with Gasteiger partial charge in [-0.1, -0.05) is 12.1 Å². The summed E-state index contributed by atoms with van der Waals surface area (Å²) in [7, 11) is 2.78. The van der Waals surface area contributed by atoms with Crippen LogP contribution in [0.2, 0.25) is 0 Å². The van der Waals surface area contributed by atoms with E-state index in [4.69, 9.17) is 4.74 Å². The molecule has 1 heterocycles. The molecule has 1 aliphatic heterocycles. The topological polar surface area (TPSA) is 76.1 Å². The van der Waals surface area contributed by atoms with Crippen molar-refractivity contribution in [2.45, 2.75) is 5.92 Å². The van der Waals surface area contributed by atoms with Crippen molar-refractivity contribution in [1.82, 2.24) is 5.06 Å². The van der Waals surface area contributed by atoms with Gasteiger partial charge in [0, 0.05) is 5.92 Å². The van der Waals surface area contributed by atoms with Gasteiger partial charge >= 0.3 is 5.97 Å². The molecule has 6 heteroatoms. The van der Waals surface area contributed by atoms with Gasteiger partial charge in [-0.25, -0.2) is 5.06 Å². The number of hydroxylamine groups is 2. The highest BCUT2D eigenvalue weighted by Gasteiger charge is 2.46. The maximum atomic E-state index is 11.8. The van der Waals surface area contributed by atoms with Crippen molar-refractivity contribution < 1.29 is 24.3 Å². The van der Waals surface area contributed by atoms with Crippen LogP contribution in [0.3, 0.4) is 0 Å². The Morgan fingerprint density at radius 1 is 1.32 bits per heavy atom. The molecule has 0 unspecified atom stereocenters. The molecule has 0 aliphatic carbocycles. The molecule has 1 aliphatic rings. The Kier molecular flexibility index (Phi) is 3.71. The molecule has 1 aromatic carbocycles. The number of amides is 1. The van der Waals surface area contributed by atoms with Crippen LogP contribution in [0.4, 0.5) is 0 Å². The van der Waals surface area contributed by atoms with Crippen molar-refractivity contribution in [3.8, 4) is 5.75 Å². The van der Waals surface area contributed by atoms with E-state index in [1.54, 1.807) is 31.4 Å². The molecule has 1 aromatic rings. The first-order valence-corrected chi connectivity index (χ1v) is 5.80. The Bertz CT molecular complexity index is 484. The van der Waals surface area contributed by atoms with E-state index in [2.05, 4.69) is 4.74 Å². The van der Waals surface area contributed by atoms with Crippen LogP contribution in [0, 0.1) is 5.92 Å². The van der Waals surface area contributed by atoms with Crippen LogP contribution >= 0.6 is 0 Å². The number of esters is 1. The maximum absolute atomic E-state index is 11.8. The summed E-state index contributed by atoms with van der Waals surface area (Å²) in [6, 6.07) is 7.03. The molecular formula is C13H15NO5. The van der Waals surface area contributed by atoms with Gasteiger partial charge in [0.05, 0.1) is 20.8 Å². The zero-order valence-corrected chi connectivity index (χ0v) is 10.7. The summed E-state index contributed by atoms with van der Waals surface area (Å²) in [6.07, 6.45) is 0. The number of ether oxygens (including phenoxy) is 2. The van der Waals surface area contributed by atoms with Crippen LogP contribution < -0.4 is 4.74 Å². The molecule has 1 saturated heterocycles. The fourth-order valence-corrected chi connectivity index (χ4v) is 2.26. The van der Waals surface area contributed by atoms with Gasteiger partial charge in [0.1, 0.15) is 11.7 Å². The predicted octanol–water partition coefficient (Wildman–Crippen LogP) is 0.799. The number of hydrogen-bond acceptors (Lipinski definition) is 5. The van der Waals surface area contributed by atoms with Gasteiger partial charge < -0.3 is 9.47 Å². The zero-order valence-electron chi connectivity index (χ0n) is 10.7. The molecule has 102 valence electrons. The molecule has 19 heavy (non-hydrogen) atoms. The van der Waals surface area contributed by atoms with Gasteiger partial charge in [0.2, 0.25) is 0 Å². The van der Waals surface area contributed by atoms with E-state index in [9.17, 15) is 14.8 Å². The lowest BCUT2D eigenvalue weighted by molar-refractivity contribution is -0.165. The van der Waals surface area contributed by atoms with Gasteiger partial charge in [0.25, 0.3) is 5.91 Å². The third kappa shape index (κ3) is 2.39. The summed E-state index contributed by atoms with van der Waals surface area (Å²) in [6.45, 7) is 0.0743. The van der Waals surface area contributed by atoms with Crippen LogP contribution in [0.25, 0.3) is 0 Å².